The van der Waals surface area contributed by atoms with Gasteiger partial charge in [0.2, 0.25) is 21.8 Å². The van der Waals surface area contributed by atoms with Gasteiger partial charge in [-0.25, -0.2) is 12.8 Å². The third-order valence-electron chi connectivity index (χ3n) is 6.52. The number of anilines is 1. The molecule has 0 heterocycles. The van der Waals surface area contributed by atoms with Crippen LogP contribution in [0.1, 0.15) is 44.7 Å². The molecule has 42 heavy (non-hydrogen) atoms. The van der Waals surface area contributed by atoms with Crippen molar-refractivity contribution in [3.8, 4) is 5.75 Å². The fraction of sp³-hybridized carbons (Fsp3) is 0.375. The van der Waals surface area contributed by atoms with Gasteiger partial charge in [0.1, 0.15) is 17.6 Å². The first-order valence-electron chi connectivity index (χ1n) is 13.8. The second kappa shape index (κ2) is 14.3. The first-order chi connectivity index (χ1) is 19.8. The van der Waals surface area contributed by atoms with E-state index in [2.05, 4.69) is 5.32 Å². The molecule has 3 rings (SSSR count). The average molecular weight is 598 g/mol. The number of ether oxygens (including phenoxy) is 1. The summed E-state index contributed by atoms with van der Waals surface area (Å²) >= 11 is 0. The molecular formula is C32H40FN3O5S. The van der Waals surface area contributed by atoms with E-state index in [9.17, 15) is 22.4 Å². The minimum absolute atomic E-state index is 0.00866. The molecule has 1 N–H and O–H groups in total. The van der Waals surface area contributed by atoms with E-state index >= 15 is 0 Å². The first kappa shape index (κ1) is 32.6. The largest absolute Gasteiger partial charge is 0.497 e. The van der Waals surface area contributed by atoms with Gasteiger partial charge in [-0.1, -0.05) is 42.5 Å². The second-order valence-electron chi connectivity index (χ2n) is 11.2. The van der Waals surface area contributed by atoms with Gasteiger partial charge < -0.3 is 15.0 Å². The number of carbonyl (C=O) groups excluding carboxylic acids is 2. The van der Waals surface area contributed by atoms with E-state index in [1.807, 2.05) is 69.3 Å². The average Bonchev–Trinajstić information content (AvgIpc) is 2.92. The molecule has 0 aliphatic carbocycles. The summed E-state index contributed by atoms with van der Waals surface area (Å²) in [5.41, 5.74) is 1.47. The Hall–Kier alpha value is -3.92. The number of sulfonamides is 1. The minimum Gasteiger partial charge on any atom is -0.497 e. The van der Waals surface area contributed by atoms with E-state index in [1.165, 1.54) is 24.3 Å². The maximum Gasteiger partial charge on any atom is 0.243 e. The number of benzene rings is 3. The van der Waals surface area contributed by atoms with Gasteiger partial charge in [-0.05, 0) is 74.7 Å². The molecule has 1 atom stereocenters. The van der Waals surface area contributed by atoms with Gasteiger partial charge in [0, 0.05) is 31.5 Å². The zero-order valence-electron chi connectivity index (χ0n) is 24.8. The molecule has 0 unspecified atom stereocenters. The van der Waals surface area contributed by atoms with Crippen LogP contribution in [0.25, 0.3) is 0 Å². The summed E-state index contributed by atoms with van der Waals surface area (Å²) in [7, 11) is -2.13. The SMILES string of the molecule is COc1cccc(CN(C(=O)CCCN(c2ccc(F)cc2)S(C)(=O)=O)[C@@H](Cc2ccccc2)C(=O)NC(C)(C)C)c1. The summed E-state index contributed by atoms with van der Waals surface area (Å²) in [6, 6.07) is 21.1. The number of hydrogen-bond acceptors (Lipinski definition) is 5. The van der Waals surface area contributed by atoms with E-state index in [1.54, 1.807) is 18.1 Å². The van der Waals surface area contributed by atoms with E-state index in [-0.39, 0.29) is 37.7 Å². The molecule has 0 radical (unpaired) electrons. The number of nitrogens with zero attached hydrogens (tertiary/aromatic N) is 2. The lowest BCUT2D eigenvalue weighted by atomic mass is 10.00. The van der Waals surface area contributed by atoms with Crippen molar-refractivity contribution in [2.24, 2.45) is 0 Å². The van der Waals surface area contributed by atoms with Crippen LogP contribution in [0.15, 0.2) is 78.9 Å². The molecule has 0 spiro atoms. The Balaban J connectivity index is 1.91. The van der Waals surface area contributed by atoms with Crippen molar-refractivity contribution in [3.63, 3.8) is 0 Å². The van der Waals surface area contributed by atoms with Gasteiger partial charge in [0.15, 0.2) is 0 Å². The molecule has 8 nitrogen and oxygen atoms in total. The summed E-state index contributed by atoms with van der Waals surface area (Å²) in [5, 5.41) is 3.03. The van der Waals surface area contributed by atoms with Crippen molar-refractivity contribution in [2.45, 2.75) is 58.2 Å². The van der Waals surface area contributed by atoms with Crippen LogP contribution in [0.5, 0.6) is 5.75 Å². The Bertz CT molecular complexity index is 1440. The predicted octanol–water partition coefficient (Wildman–Crippen LogP) is 4.94. The molecule has 10 heteroatoms. The molecule has 0 aliphatic rings. The third kappa shape index (κ3) is 9.87. The van der Waals surface area contributed by atoms with Crippen LogP contribution in [0.2, 0.25) is 0 Å². The Morgan fingerprint density at radius 1 is 0.952 bits per heavy atom. The number of methoxy groups -OCH3 is 1. The van der Waals surface area contributed by atoms with Gasteiger partial charge >= 0.3 is 0 Å². The molecule has 0 aliphatic heterocycles. The highest BCUT2D eigenvalue weighted by molar-refractivity contribution is 7.92. The Morgan fingerprint density at radius 2 is 1.60 bits per heavy atom. The number of nitrogens with one attached hydrogen (secondary N) is 1. The molecule has 0 saturated carbocycles. The summed E-state index contributed by atoms with van der Waals surface area (Å²) in [6.07, 6.45) is 1.55. The number of halogens is 1. The molecular weight excluding hydrogens is 557 g/mol. The molecule has 0 bridgehead atoms. The lowest BCUT2D eigenvalue weighted by Crippen LogP contribution is -2.54. The number of amides is 2. The van der Waals surface area contributed by atoms with Crippen LogP contribution in [-0.2, 0) is 32.6 Å². The summed E-state index contributed by atoms with van der Waals surface area (Å²) in [5.74, 6) is -0.433. The van der Waals surface area contributed by atoms with Crippen LogP contribution in [-0.4, -0.2) is 56.6 Å². The van der Waals surface area contributed by atoms with E-state index in [0.29, 0.717) is 17.9 Å². The van der Waals surface area contributed by atoms with Crippen molar-refractivity contribution >= 4 is 27.5 Å². The van der Waals surface area contributed by atoms with Gasteiger partial charge in [-0.2, -0.15) is 0 Å². The summed E-state index contributed by atoms with van der Waals surface area (Å²) < 4.78 is 45.1. The zero-order valence-corrected chi connectivity index (χ0v) is 25.7. The normalized spacial score (nSPS) is 12.3. The van der Waals surface area contributed by atoms with Gasteiger partial charge in [-0.3, -0.25) is 13.9 Å². The van der Waals surface area contributed by atoms with Crippen molar-refractivity contribution in [3.05, 3.63) is 95.8 Å². The van der Waals surface area contributed by atoms with Crippen LogP contribution in [0, 0.1) is 5.82 Å². The highest BCUT2D eigenvalue weighted by Gasteiger charge is 2.32. The van der Waals surface area contributed by atoms with Crippen molar-refractivity contribution in [1.29, 1.82) is 0 Å². The van der Waals surface area contributed by atoms with Gasteiger partial charge in [-0.15, -0.1) is 0 Å². The fourth-order valence-corrected chi connectivity index (χ4v) is 5.55. The van der Waals surface area contributed by atoms with Crippen LogP contribution >= 0.6 is 0 Å². The Labute approximate surface area is 248 Å². The fourth-order valence-electron chi connectivity index (χ4n) is 4.59. The highest BCUT2D eigenvalue weighted by atomic mass is 32.2. The van der Waals surface area contributed by atoms with Crippen molar-refractivity contribution in [2.75, 3.05) is 24.2 Å². The maximum atomic E-state index is 13.9. The van der Waals surface area contributed by atoms with E-state index in [4.69, 9.17) is 4.74 Å². The lowest BCUT2D eigenvalue weighted by molar-refractivity contribution is -0.142. The third-order valence-corrected chi connectivity index (χ3v) is 7.72. The Kier molecular flexibility index (Phi) is 11.1. The highest BCUT2D eigenvalue weighted by Crippen LogP contribution is 2.22. The van der Waals surface area contributed by atoms with Gasteiger partial charge in [0.05, 0.1) is 19.1 Å². The summed E-state index contributed by atoms with van der Waals surface area (Å²) in [4.78, 5) is 29.2. The molecule has 3 aromatic carbocycles. The molecule has 0 aromatic heterocycles. The quantitative estimate of drug-likeness (QED) is 0.301. The zero-order chi connectivity index (χ0) is 30.9. The molecule has 0 fully saturated rings. The van der Waals surface area contributed by atoms with Crippen molar-refractivity contribution in [1.82, 2.24) is 10.2 Å². The molecule has 0 saturated heterocycles. The maximum absolute atomic E-state index is 13.9. The number of rotatable bonds is 13. The number of carbonyl (C=O) groups is 2. The lowest BCUT2D eigenvalue weighted by Gasteiger charge is -2.34. The number of hydrogen-bond donors (Lipinski definition) is 1. The Morgan fingerprint density at radius 3 is 2.19 bits per heavy atom. The van der Waals surface area contributed by atoms with Crippen LogP contribution in [0.4, 0.5) is 10.1 Å². The van der Waals surface area contributed by atoms with E-state index < -0.39 is 27.4 Å². The molecule has 2 amide bonds. The topological polar surface area (TPSA) is 96.0 Å². The predicted molar refractivity (Wildman–Crippen MR) is 163 cm³/mol. The second-order valence-corrected chi connectivity index (χ2v) is 13.1. The molecule has 226 valence electrons. The van der Waals surface area contributed by atoms with Crippen LogP contribution in [0.3, 0.4) is 0 Å². The smallest absolute Gasteiger partial charge is 0.243 e. The van der Waals surface area contributed by atoms with Crippen LogP contribution < -0.4 is 14.4 Å². The van der Waals surface area contributed by atoms with Crippen molar-refractivity contribution < 1.29 is 27.1 Å². The van der Waals surface area contributed by atoms with E-state index in [0.717, 1.165) is 21.7 Å². The minimum atomic E-state index is -3.69. The monoisotopic (exact) mass is 597 g/mol. The molecule has 3 aromatic rings. The van der Waals surface area contributed by atoms with Gasteiger partial charge in [0.25, 0.3) is 0 Å². The first-order valence-corrected chi connectivity index (χ1v) is 15.6. The standard InChI is InChI=1S/C32H40FN3O5S/c1-32(2,3)34-31(38)29(22-24-11-7-6-8-12-24)35(23-25-13-9-14-28(21-25)41-4)30(37)15-10-20-36(42(5,39)40)27-18-16-26(33)17-19-27/h6-9,11-14,16-19,21,29H,10,15,20,22-23H2,1-5H3,(H,34,38)/t29-/m0/s1. The summed E-state index contributed by atoms with van der Waals surface area (Å²) in [6.45, 7) is 5.81.